The summed E-state index contributed by atoms with van der Waals surface area (Å²) < 4.78 is 28.1. The van der Waals surface area contributed by atoms with Gasteiger partial charge in [0.05, 0.1) is 19.8 Å². The van der Waals surface area contributed by atoms with E-state index in [0.717, 1.165) is 43.0 Å². The molecule has 0 amide bonds. The van der Waals surface area contributed by atoms with Crippen LogP contribution in [0.2, 0.25) is 0 Å². The third-order valence-corrected chi connectivity index (χ3v) is 6.50. The second-order valence-corrected chi connectivity index (χ2v) is 9.43. The van der Waals surface area contributed by atoms with E-state index in [1.807, 2.05) is 24.3 Å². The van der Waals surface area contributed by atoms with Gasteiger partial charge in [0.1, 0.15) is 42.7 Å². The third kappa shape index (κ3) is 5.72. The Morgan fingerprint density at radius 3 is 1.24 bits per heavy atom. The van der Waals surface area contributed by atoms with Gasteiger partial charge in [-0.15, -0.1) is 0 Å². The van der Waals surface area contributed by atoms with Crippen molar-refractivity contribution in [2.45, 2.75) is 31.0 Å². The fourth-order valence-electron chi connectivity index (χ4n) is 4.05. The van der Waals surface area contributed by atoms with E-state index in [-0.39, 0.29) is 18.1 Å². The van der Waals surface area contributed by atoms with Gasteiger partial charge in [0.25, 0.3) is 0 Å². The van der Waals surface area contributed by atoms with E-state index in [1.165, 1.54) is 29.5 Å². The Bertz CT molecular complexity index is 924. The largest absolute Gasteiger partial charge is 0.493 e. The van der Waals surface area contributed by atoms with Gasteiger partial charge in [-0.05, 0) is 71.8 Å². The van der Waals surface area contributed by atoms with Gasteiger partial charge in [-0.25, -0.2) is 0 Å². The van der Waals surface area contributed by atoms with Crippen LogP contribution in [-0.4, -0.2) is 45.2 Å². The molecule has 2 heterocycles. The average Bonchev–Trinajstić information content (AvgIpc) is 3.73. The van der Waals surface area contributed by atoms with Crippen molar-refractivity contribution in [1.29, 1.82) is 0 Å². The minimum atomic E-state index is 0.0964. The van der Waals surface area contributed by atoms with Crippen LogP contribution in [0.15, 0.2) is 72.8 Å². The van der Waals surface area contributed by atoms with E-state index in [2.05, 4.69) is 48.5 Å². The first-order valence-corrected chi connectivity index (χ1v) is 12.2. The summed E-state index contributed by atoms with van der Waals surface area (Å²) in [7, 11) is 0. The summed E-state index contributed by atoms with van der Waals surface area (Å²) in [6, 6.07) is 25.3. The normalized spacial score (nSPS) is 21.5. The van der Waals surface area contributed by atoms with E-state index in [0.29, 0.717) is 13.2 Å². The number of epoxide rings is 2. The van der Waals surface area contributed by atoms with Crippen molar-refractivity contribution in [2.75, 3.05) is 33.0 Å². The third-order valence-electron chi connectivity index (χ3n) is 6.50. The monoisotopic (exact) mass is 458 g/mol. The zero-order valence-corrected chi connectivity index (χ0v) is 19.2. The Hall–Kier alpha value is -3.02. The Labute approximate surface area is 200 Å². The standard InChI is InChI=1S/C29H30O5/c1-2-20(1)15-30-24-9-3-21(4-10-24)29(22-5-11-25(12-6-22)31-16-27-18-33-27)23-7-13-26(14-8-23)32-17-28-19-34-28/h3-14,20,27-29H,1-2,15-19H2. The molecule has 0 spiro atoms. The molecule has 2 aliphatic heterocycles. The van der Waals surface area contributed by atoms with Crippen molar-refractivity contribution >= 4 is 0 Å². The molecule has 3 fully saturated rings. The second kappa shape index (κ2) is 9.69. The molecule has 5 heteroatoms. The quantitative estimate of drug-likeness (QED) is 0.275. The predicted molar refractivity (Wildman–Crippen MR) is 129 cm³/mol. The van der Waals surface area contributed by atoms with Crippen LogP contribution in [0.1, 0.15) is 35.4 Å². The first kappa shape index (κ1) is 21.5. The zero-order valence-electron chi connectivity index (χ0n) is 19.2. The molecule has 0 N–H and O–H groups in total. The maximum atomic E-state index is 5.96. The molecule has 2 unspecified atom stereocenters. The van der Waals surface area contributed by atoms with Crippen LogP contribution < -0.4 is 14.2 Å². The molecule has 3 aromatic rings. The minimum Gasteiger partial charge on any atom is -0.493 e. The first-order valence-electron chi connectivity index (χ1n) is 12.2. The highest BCUT2D eigenvalue weighted by Crippen LogP contribution is 2.35. The molecule has 3 aromatic carbocycles. The molecule has 0 bridgehead atoms. The average molecular weight is 459 g/mol. The molecule has 0 radical (unpaired) electrons. The minimum absolute atomic E-state index is 0.0964. The Kier molecular flexibility index (Phi) is 6.13. The van der Waals surface area contributed by atoms with E-state index in [4.69, 9.17) is 23.7 Å². The van der Waals surface area contributed by atoms with Crippen molar-refractivity contribution in [2.24, 2.45) is 5.92 Å². The molecule has 6 rings (SSSR count). The molecule has 0 aromatic heterocycles. The SMILES string of the molecule is c1cc(C(c2ccc(OCC3CO3)cc2)c2ccc(OCC3CO3)cc2)ccc1OCC1CC1. The van der Waals surface area contributed by atoms with Crippen molar-refractivity contribution in [3.05, 3.63) is 89.5 Å². The molecule has 1 saturated carbocycles. The van der Waals surface area contributed by atoms with Gasteiger partial charge in [0, 0.05) is 5.92 Å². The van der Waals surface area contributed by atoms with Crippen LogP contribution in [0, 0.1) is 5.92 Å². The highest BCUT2D eigenvalue weighted by atomic mass is 16.6. The van der Waals surface area contributed by atoms with Crippen molar-refractivity contribution in [3.8, 4) is 17.2 Å². The van der Waals surface area contributed by atoms with Crippen LogP contribution in [0.3, 0.4) is 0 Å². The van der Waals surface area contributed by atoms with Crippen LogP contribution in [0.5, 0.6) is 17.2 Å². The lowest BCUT2D eigenvalue weighted by Gasteiger charge is -2.20. The molecule has 5 nitrogen and oxygen atoms in total. The van der Waals surface area contributed by atoms with Crippen LogP contribution >= 0.6 is 0 Å². The number of hydrogen-bond donors (Lipinski definition) is 0. The lowest BCUT2D eigenvalue weighted by molar-refractivity contribution is 0.263. The lowest BCUT2D eigenvalue weighted by atomic mass is 9.85. The van der Waals surface area contributed by atoms with Crippen LogP contribution in [-0.2, 0) is 9.47 Å². The Morgan fingerprint density at radius 1 is 0.559 bits per heavy atom. The Morgan fingerprint density at radius 2 is 0.912 bits per heavy atom. The number of benzene rings is 3. The van der Waals surface area contributed by atoms with Gasteiger partial charge in [-0.3, -0.25) is 0 Å². The highest BCUT2D eigenvalue weighted by Gasteiger charge is 2.25. The second-order valence-electron chi connectivity index (χ2n) is 9.43. The summed E-state index contributed by atoms with van der Waals surface area (Å²) in [6.45, 7) is 3.64. The van der Waals surface area contributed by atoms with Gasteiger partial charge in [-0.2, -0.15) is 0 Å². The summed E-state index contributed by atoms with van der Waals surface area (Å²) in [5, 5.41) is 0. The fourth-order valence-corrected chi connectivity index (χ4v) is 4.05. The molecule has 3 aliphatic rings. The zero-order chi connectivity index (χ0) is 22.7. The van der Waals surface area contributed by atoms with Crippen LogP contribution in [0.4, 0.5) is 0 Å². The van der Waals surface area contributed by atoms with Crippen molar-refractivity contribution in [1.82, 2.24) is 0 Å². The molecule has 2 atom stereocenters. The van der Waals surface area contributed by atoms with E-state index < -0.39 is 0 Å². The summed E-state index contributed by atoms with van der Waals surface area (Å²) in [4.78, 5) is 0. The van der Waals surface area contributed by atoms with Crippen LogP contribution in [0.25, 0.3) is 0 Å². The van der Waals surface area contributed by atoms with Crippen molar-refractivity contribution < 1.29 is 23.7 Å². The molecule has 1 aliphatic carbocycles. The summed E-state index contributed by atoms with van der Waals surface area (Å²) in [5.41, 5.74) is 3.64. The lowest BCUT2D eigenvalue weighted by Crippen LogP contribution is -2.07. The highest BCUT2D eigenvalue weighted by molar-refractivity contribution is 5.46. The van der Waals surface area contributed by atoms with Gasteiger partial charge in [0.15, 0.2) is 0 Å². The number of rotatable bonds is 12. The van der Waals surface area contributed by atoms with E-state index in [9.17, 15) is 0 Å². The maximum Gasteiger partial charge on any atom is 0.119 e. The number of hydrogen-bond acceptors (Lipinski definition) is 5. The predicted octanol–water partition coefficient (Wildman–Crippen LogP) is 5.21. The van der Waals surface area contributed by atoms with E-state index >= 15 is 0 Å². The van der Waals surface area contributed by atoms with Gasteiger partial charge in [-0.1, -0.05) is 36.4 Å². The maximum absolute atomic E-state index is 5.96. The summed E-state index contributed by atoms with van der Waals surface area (Å²) in [6.07, 6.45) is 3.09. The molecular weight excluding hydrogens is 428 g/mol. The van der Waals surface area contributed by atoms with Gasteiger partial charge >= 0.3 is 0 Å². The topological polar surface area (TPSA) is 52.8 Å². The molecule has 176 valence electrons. The van der Waals surface area contributed by atoms with Gasteiger partial charge in [0.2, 0.25) is 0 Å². The van der Waals surface area contributed by atoms with Gasteiger partial charge < -0.3 is 23.7 Å². The Balaban J connectivity index is 1.22. The first-order chi connectivity index (χ1) is 16.8. The molecule has 34 heavy (non-hydrogen) atoms. The fraction of sp³-hybridized carbons (Fsp3) is 0.379. The molecular formula is C29H30O5. The molecule has 2 saturated heterocycles. The summed E-state index contributed by atoms with van der Waals surface area (Å²) >= 11 is 0. The smallest absolute Gasteiger partial charge is 0.119 e. The van der Waals surface area contributed by atoms with Crippen molar-refractivity contribution in [3.63, 3.8) is 0 Å². The summed E-state index contributed by atoms with van der Waals surface area (Å²) in [5.74, 6) is 3.51. The van der Waals surface area contributed by atoms with E-state index in [1.54, 1.807) is 0 Å². The number of ether oxygens (including phenoxy) is 5.